The molecule has 32 nitrogen and oxygen atoms in total. The summed E-state index contributed by atoms with van der Waals surface area (Å²) in [6.45, 7) is 12.2. The number of methoxy groups -OCH3 is 3. The number of aromatic nitrogens is 6. The Hall–Kier alpha value is -12.5. The molecule has 3 aliphatic heterocycles. The van der Waals surface area contributed by atoms with Gasteiger partial charge in [0.15, 0.2) is 5.82 Å². The van der Waals surface area contributed by atoms with Crippen molar-refractivity contribution in [2.45, 2.75) is 264 Å². The maximum Gasteiger partial charge on any atom is 0.409 e. The molecular weight excluding hydrogens is 1770 g/mol. The molecule has 7 aromatic rings. The fourth-order valence-electron chi connectivity index (χ4n) is 18.1. The third-order valence-corrected chi connectivity index (χ3v) is 25.5. The molecule has 2 aromatic heterocycles. The Bertz CT molecular complexity index is 5220. The van der Waals surface area contributed by atoms with Crippen molar-refractivity contribution in [3.8, 4) is 22.6 Å². The van der Waals surface area contributed by atoms with Gasteiger partial charge in [-0.15, -0.1) is 25.5 Å². The molecule has 5 heterocycles. The zero-order chi connectivity index (χ0) is 100. The highest BCUT2D eigenvalue weighted by atomic mass is 16.6. The van der Waals surface area contributed by atoms with Crippen LogP contribution in [0.2, 0.25) is 0 Å². The summed E-state index contributed by atoms with van der Waals surface area (Å²) in [4.78, 5) is 75.5. The Morgan fingerprint density at radius 1 is 0.432 bits per heavy atom. The molecule has 139 heavy (non-hydrogen) atoms. The maximum atomic E-state index is 12.0. The first-order valence-electron chi connectivity index (χ1n) is 49.3. The zero-order valence-corrected chi connectivity index (χ0v) is 83.6. The monoisotopic (exact) mass is 1910 g/mol. The predicted octanol–water partition coefficient (Wildman–Crippen LogP) is 18.1. The summed E-state index contributed by atoms with van der Waals surface area (Å²) in [6, 6.07) is 50.1. The number of aliphatic hydroxyl groups excluding tert-OH is 4. The van der Waals surface area contributed by atoms with E-state index in [0.717, 1.165) is 227 Å². The molecule has 750 valence electrons. The number of fused-ring (bicyclic) bond motifs is 4. The van der Waals surface area contributed by atoms with E-state index in [2.05, 4.69) is 110 Å². The number of esters is 2. The van der Waals surface area contributed by atoms with Crippen LogP contribution >= 0.6 is 0 Å². The lowest BCUT2D eigenvalue weighted by atomic mass is 9.74. The lowest BCUT2D eigenvalue weighted by Crippen LogP contribution is -2.41. The molecule has 0 spiro atoms. The normalized spacial score (nSPS) is 21.1. The van der Waals surface area contributed by atoms with Gasteiger partial charge >= 0.3 is 36.3 Å². The topological polar surface area (TPSA) is 403 Å². The number of hydrogen-bond donors (Lipinski definition) is 6. The largest absolute Gasteiger partial charge is 0.462 e. The van der Waals surface area contributed by atoms with Gasteiger partial charge in [-0.1, -0.05) is 198 Å². The second-order valence-corrected chi connectivity index (χ2v) is 35.7. The fraction of sp³-hybridized carbons (Fsp3) is 0.514. The molecule has 5 aromatic carbocycles. The molecular formula is C107H146N16O16. The van der Waals surface area contributed by atoms with E-state index in [0.29, 0.717) is 49.7 Å². The molecule has 4 amide bonds. The summed E-state index contributed by atoms with van der Waals surface area (Å²) in [5.74, 6) is 1.30. The number of hydrazone groups is 2. The molecule has 11 unspecified atom stereocenters. The minimum Gasteiger partial charge on any atom is -0.462 e. The number of allylic oxidation sites excluding steroid dienone is 4. The number of ether oxygens (including phenoxy) is 6. The summed E-state index contributed by atoms with van der Waals surface area (Å²) in [7, 11) is 12.4. The van der Waals surface area contributed by atoms with Crippen molar-refractivity contribution in [2.75, 3.05) is 69.7 Å². The van der Waals surface area contributed by atoms with Gasteiger partial charge in [0.2, 0.25) is 5.82 Å². The number of nitrogens with one attached hydrogen (secondary N) is 2. The smallest absolute Gasteiger partial charge is 0.409 e. The Kier molecular flexibility index (Phi) is 46.3. The highest BCUT2D eigenvalue weighted by molar-refractivity contribution is 6.08. The molecule has 0 radical (unpaired) electrons. The molecule has 8 aliphatic rings. The van der Waals surface area contributed by atoms with Crippen LogP contribution < -0.4 is 10.9 Å². The number of carbonyl (C=O) groups is 6. The van der Waals surface area contributed by atoms with Crippen molar-refractivity contribution < 1.29 is 77.6 Å². The number of rotatable bonds is 18. The van der Waals surface area contributed by atoms with Gasteiger partial charge in [0, 0.05) is 82.9 Å². The number of likely N-dealkylation sites (N-methyl/N-ethyl adjacent to an activating group) is 1. The van der Waals surface area contributed by atoms with Crippen molar-refractivity contribution in [1.29, 1.82) is 0 Å². The Morgan fingerprint density at radius 3 is 1.53 bits per heavy atom. The van der Waals surface area contributed by atoms with Crippen LogP contribution in [0.3, 0.4) is 0 Å². The molecule has 0 bridgehead atoms. The molecule has 3 fully saturated rings. The maximum absolute atomic E-state index is 12.0. The number of nitrogens with zero attached hydrogens (tertiary/aromatic N) is 14. The van der Waals surface area contributed by atoms with E-state index >= 15 is 0 Å². The van der Waals surface area contributed by atoms with Crippen LogP contribution in [0.1, 0.15) is 248 Å². The van der Waals surface area contributed by atoms with Crippen LogP contribution in [0, 0.1) is 23.7 Å². The van der Waals surface area contributed by atoms with E-state index in [1.165, 1.54) is 57.6 Å². The van der Waals surface area contributed by atoms with Gasteiger partial charge in [0.1, 0.15) is 18.3 Å². The van der Waals surface area contributed by atoms with Gasteiger partial charge in [0.25, 0.3) is 0 Å². The van der Waals surface area contributed by atoms with Gasteiger partial charge in [-0.05, 0) is 207 Å². The number of benzene rings is 5. The first-order valence-corrected chi connectivity index (χ1v) is 49.3. The number of hydrogen-bond acceptors (Lipinski definition) is 28. The van der Waals surface area contributed by atoms with Crippen molar-refractivity contribution in [1.82, 2.24) is 61.0 Å². The first kappa shape index (κ1) is 110. The predicted molar refractivity (Wildman–Crippen MR) is 539 cm³/mol. The van der Waals surface area contributed by atoms with E-state index in [1.807, 2.05) is 150 Å². The van der Waals surface area contributed by atoms with E-state index in [-0.39, 0.29) is 91.0 Å². The van der Waals surface area contributed by atoms with Crippen molar-refractivity contribution in [2.24, 2.45) is 44.1 Å². The van der Waals surface area contributed by atoms with Crippen LogP contribution in [0.25, 0.3) is 28.3 Å². The first-order chi connectivity index (χ1) is 67.3. The second kappa shape index (κ2) is 58.4. The fourth-order valence-corrected chi connectivity index (χ4v) is 18.1. The lowest BCUT2D eigenvalue weighted by Gasteiger charge is -2.35. The van der Waals surface area contributed by atoms with Crippen LogP contribution in [0.4, 0.5) is 19.2 Å². The van der Waals surface area contributed by atoms with E-state index < -0.39 is 18.3 Å². The lowest BCUT2D eigenvalue weighted by molar-refractivity contribution is -0.150. The highest BCUT2D eigenvalue weighted by Gasteiger charge is 2.39. The van der Waals surface area contributed by atoms with Crippen molar-refractivity contribution >= 4 is 64.9 Å². The molecule has 5 aliphatic carbocycles. The number of aliphatic hydroxyl groups is 4. The van der Waals surface area contributed by atoms with Crippen molar-refractivity contribution in [3.63, 3.8) is 0 Å². The standard InChI is InChI=1S/C23H31N3O4.C21H29N3O3.C20H27N3O3.C18H22N2O2.C12H13N5O2.C11H18O2.C2H6/c1-4-21(27)30-17-11-8-12-19-18(14-13-17)20(15-26(2)23(28)29-3)24-25-22(19)16-9-6-5-7-10-16;1-14(27-21(26)24(2)3)19-18-13-12-16(25)10-7-11-17(18)20(23-22-19)15-8-5-4-6-9-15;1-23(20(25)26-2)13-18-16-12-11-15(24)9-6-10-17(16)19(22-21-18)14-7-4-3-5-8-14;1-12(21)17-16-11-10-14(22)8-5-9-15(16)18(20-19-17)13-6-3-2-4-7-13;1-17(12(18)19-2)8-10-13-15-11(16-14-10)9-6-4-3-5-7-9;1-2-11(12)13-10-8-6-4-3-5-7-9-10;1-2/h5-7,9-10,17,19,24H,4,8,11-15H2,1-3H3;4-6,8-9,14,16,18,23,25H,7,10-13H2,1-3H3;3-5,7-8,15-17,24H,6,9-13H2,1-2H3;2-4,6-7,12,14,21-22H,5,8-11H2,1H3;3-7H,8H2,1-2H3;3-4,10H,2,5-9H2,1H3;1-2H3/b;;;;;4-3+;. The van der Waals surface area contributed by atoms with Gasteiger partial charge in [-0.3, -0.25) is 20.4 Å². The van der Waals surface area contributed by atoms with Crippen LogP contribution in [0.5, 0.6) is 0 Å². The van der Waals surface area contributed by atoms with E-state index in [1.54, 1.807) is 42.2 Å². The third kappa shape index (κ3) is 33.9. The van der Waals surface area contributed by atoms with Crippen molar-refractivity contribution in [3.05, 3.63) is 220 Å². The average Bonchev–Trinajstić information content (AvgIpc) is 0.795. The minimum absolute atomic E-state index is 0.0606. The third-order valence-electron chi connectivity index (χ3n) is 25.5. The van der Waals surface area contributed by atoms with Gasteiger partial charge in [-0.2, -0.15) is 25.5 Å². The molecule has 3 saturated carbocycles. The summed E-state index contributed by atoms with van der Waals surface area (Å²) in [6.07, 6.45) is 24.2. The minimum atomic E-state index is -0.636. The summed E-state index contributed by atoms with van der Waals surface area (Å²) < 4.78 is 30.7. The Morgan fingerprint density at radius 2 is 0.942 bits per heavy atom. The molecule has 32 heteroatoms. The van der Waals surface area contributed by atoms with Gasteiger partial charge < -0.3 is 68.4 Å². The second-order valence-electron chi connectivity index (χ2n) is 35.7. The molecule has 15 rings (SSSR count). The summed E-state index contributed by atoms with van der Waals surface area (Å²) >= 11 is 0. The van der Waals surface area contributed by atoms with Crippen LogP contribution in [0.15, 0.2) is 201 Å². The quantitative estimate of drug-likeness (QED) is 0.0264. The summed E-state index contributed by atoms with van der Waals surface area (Å²) in [5.41, 5.74) is 23.8. The highest BCUT2D eigenvalue weighted by Crippen LogP contribution is 2.41. The number of carbonyl (C=O) groups excluding carboxylic acids is 6. The van der Waals surface area contributed by atoms with Gasteiger partial charge in [-0.25, -0.2) is 19.2 Å². The summed E-state index contributed by atoms with van der Waals surface area (Å²) in [5, 5.41) is 83.2. The van der Waals surface area contributed by atoms with Crippen LogP contribution in [-0.4, -0.2) is 236 Å². The van der Waals surface area contributed by atoms with E-state index in [9.17, 15) is 49.2 Å². The van der Waals surface area contributed by atoms with Gasteiger partial charge in [0.05, 0.1) is 111 Å². The SMILES string of the molecule is CC.CC(O)c1nnc(-c2ccccc2)c2c1CCC(O)CCC2.CC(OC(=O)N(C)C)C1=NNC(c2ccccc2)=C2CCCC(O)CCC12.CCC(=O)OC1CC/C=C/CCC1.CCC(=O)OC1CCCC2C(c3ccccc3)=NNC(CN(C)C(=O)OC)=C2CC1.COC(=O)N(C)CC1=NN=C(c2ccccc2)C2CCCC(O)CCC12.COC(=O)N(C)Cc1nnc(-c2ccccc2)nn1. The molecule has 11 atom stereocenters. The average molecular weight is 1910 g/mol. The van der Waals surface area contributed by atoms with Crippen LogP contribution in [-0.2, 0) is 57.4 Å². The van der Waals surface area contributed by atoms with E-state index in [4.69, 9.17) is 28.8 Å². The zero-order valence-electron chi connectivity index (χ0n) is 83.6. The Balaban J connectivity index is 0.000000189. The molecule has 0 saturated heterocycles. The molecule has 6 N–H and O–H groups in total. The Labute approximate surface area is 819 Å². The number of amides is 4.